The van der Waals surface area contributed by atoms with Crippen molar-refractivity contribution < 1.29 is 76.4 Å². The number of piperazine rings is 2. The zero-order valence-electron chi connectivity index (χ0n) is 64.5. The number of carbonyl (C=O) groups is 10. The maximum absolute atomic E-state index is 13.4. The molecule has 38 nitrogen and oxygen atoms in total. The third-order valence-corrected chi connectivity index (χ3v) is 19.7. The highest BCUT2D eigenvalue weighted by Gasteiger charge is 2.46. The summed E-state index contributed by atoms with van der Waals surface area (Å²) in [5.41, 5.74) is 4.50. The second-order valence-electron chi connectivity index (χ2n) is 27.8. The Morgan fingerprint density at radius 2 is 0.906 bits per heavy atom. The average Bonchev–Trinajstić information content (AvgIpc) is 1.62. The van der Waals surface area contributed by atoms with E-state index in [9.17, 15) is 47.9 Å². The highest BCUT2D eigenvalue weighted by Crippen LogP contribution is 2.34. The van der Waals surface area contributed by atoms with Crippen molar-refractivity contribution in [1.29, 1.82) is 0 Å². The van der Waals surface area contributed by atoms with Crippen LogP contribution in [0.25, 0.3) is 22.9 Å². The van der Waals surface area contributed by atoms with Crippen LogP contribution < -0.4 is 45.9 Å². The number of piperidine rings is 2. The van der Waals surface area contributed by atoms with Gasteiger partial charge < -0.3 is 54.2 Å². The zero-order valence-corrected chi connectivity index (χ0v) is 64.5. The molecule has 0 saturated carbocycles. The number of nitrogens with zero attached hydrogens (tertiary/aromatic N) is 17. The van der Waals surface area contributed by atoms with E-state index >= 15 is 0 Å². The molecule has 0 spiro atoms. The van der Waals surface area contributed by atoms with Crippen molar-refractivity contribution in [2.24, 2.45) is 0 Å². The van der Waals surface area contributed by atoms with Gasteiger partial charge in [0.2, 0.25) is 23.6 Å². The predicted octanol–water partition coefficient (Wildman–Crippen LogP) is 3.70. The summed E-state index contributed by atoms with van der Waals surface area (Å²) in [6.45, 7) is 17.5. The molecule has 14 heterocycles. The van der Waals surface area contributed by atoms with Crippen LogP contribution in [0, 0.1) is 13.8 Å². The molecule has 10 aromatic rings. The third-order valence-electron chi connectivity index (χ3n) is 19.7. The molecule has 2 unspecified atom stereocenters. The minimum atomic E-state index is -1.02. The molecule has 16 rings (SSSR count). The van der Waals surface area contributed by atoms with Gasteiger partial charge in [-0.15, -0.1) is 10.2 Å². The molecule has 117 heavy (non-hydrogen) atoms. The fourth-order valence-electron chi connectivity index (χ4n) is 13.7. The summed E-state index contributed by atoms with van der Waals surface area (Å²) < 4.78 is 39.9. The topological polar surface area (TPSA) is 424 Å². The first-order valence-electron chi connectivity index (χ1n) is 38.4. The molecule has 38 heteroatoms. The number of amides is 10. The van der Waals surface area contributed by atoms with Gasteiger partial charge in [-0.1, -0.05) is 19.1 Å². The SMILES string of the molecule is CCCOCCOCCOc1ccc2c(c1)C(=O)N(C1CCC(=O)NC1=O)C2=O.Cc1ccc(-n2nc(N3CCN(CCOCCOCCOc4ccc5c(c4)C(=O)N(C4CCC(=O)NC4=O)C5=O)CC3)cc2NC(=O)c2cnn3cccnc23)nc1.Cc1ccc(-n2nc(N3CCNCC3)cc2NC(=O)c2cnn3cccnc23)nc1. The Balaban J connectivity index is 0.000000160. The molecule has 6 aliphatic rings. The van der Waals surface area contributed by atoms with E-state index in [0.717, 1.165) is 97.9 Å². The Kier molecular flexibility index (Phi) is 25.7. The average molecular weight is 1600 g/mol. The van der Waals surface area contributed by atoms with E-state index in [-0.39, 0.29) is 79.6 Å². The minimum Gasteiger partial charge on any atom is -0.491 e. The second-order valence-corrected chi connectivity index (χ2v) is 27.8. The number of aromatic nitrogens is 12. The normalized spacial score (nSPS) is 16.8. The number of ether oxygens (including phenoxy) is 6. The molecule has 2 atom stereocenters. The molecule has 0 bridgehead atoms. The molecule has 5 N–H and O–H groups in total. The van der Waals surface area contributed by atoms with Crippen molar-refractivity contribution in [3.8, 4) is 23.1 Å². The lowest BCUT2D eigenvalue weighted by Crippen LogP contribution is -2.54. The minimum absolute atomic E-state index is 0.0569. The van der Waals surface area contributed by atoms with Crippen molar-refractivity contribution in [2.45, 2.75) is 65.0 Å². The number of nitrogens with one attached hydrogen (secondary N) is 5. The Bertz CT molecular complexity index is 5320. The lowest BCUT2D eigenvalue weighted by molar-refractivity contribution is -0.137. The van der Waals surface area contributed by atoms with Crippen molar-refractivity contribution in [3.05, 3.63) is 179 Å². The summed E-state index contributed by atoms with van der Waals surface area (Å²) in [4.78, 5) is 151. The van der Waals surface area contributed by atoms with Gasteiger partial charge in [0.25, 0.3) is 35.4 Å². The molecule has 608 valence electrons. The number of benzene rings is 2. The Morgan fingerprint density at radius 3 is 1.35 bits per heavy atom. The molecule has 10 amide bonds. The van der Waals surface area contributed by atoms with Gasteiger partial charge in [-0.25, -0.2) is 29.0 Å². The number of hydrogen-bond acceptors (Lipinski definition) is 28. The third kappa shape index (κ3) is 19.0. The van der Waals surface area contributed by atoms with Gasteiger partial charge in [0.05, 0.1) is 80.9 Å². The van der Waals surface area contributed by atoms with E-state index in [0.29, 0.717) is 103 Å². The Hall–Kier alpha value is -13.1. The zero-order chi connectivity index (χ0) is 81.5. The van der Waals surface area contributed by atoms with Crippen LogP contribution in [-0.4, -0.2) is 270 Å². The first-order valence-corrected chi connectivity index (χ1v) is 38.4. The van der Waals surface area contributed by atoms with Gasteiger partial charge in [-0.05, 0) is 105 Å². The quantitative estimate of drug-likeness (QED) is 0.0329. The van der Waals surface area contributed by atoms with E-state index in [1.807, 2.05) is 57.2 Å². The molecule has 0 radical (unpaired) electrons. The lowest BCUT2D eigenvalue weighted by atomic mass is 10.0. The van der Waals surface area contributed by atoms with Crippen molar-refractivity contribution in [2.75, 3.05) is 145 Å². The van der Waals surface area contributed by atoms with Crippen LogP contribution in [0.2, 0.25) is 0 Å². The second kappa shape index (κ2) is 37.4. The first kappa shape index (κ1) is 80.5. The molecular formula is C79H86N22O16. The lowest BCUT2D eigenvalue weighted by Gasteiger charge is -2.34. The van der Waals surface area contributed by atoms with E-state index in [1.165, 1.54) is 36.7 Å². The van der Waals surface area contributed by atoms with Crippen LogP contribution in [0.3, 0.4) is 0 Å². The number of imide groups is 4. The summed E-state index contributed by atoms with van der Waals surface area (Å²) in [6, 6.07) is 22.1. The molecule has 0 aliphatic carbocycles. The number of anilines is 4. The fourth-order valence-corrected chi connectivity index (χ4v) is 13.7. The van der Waals surface area contributed by atoms with Gasteiger partial charge in [0.1, 0.15) is 59.6 Å². The van der Waals surface area contributed by atoms with Crippen molar-refractivity contribution in [1.82, 2.24) is 89.4 Å². The fraction of sp³-hybridized carbons (Fsp3) is 0.367. The number of rotatable bonds is 29. The molecule has 6 aliphatic heterocycles. The molecule has 4 saturated heterocycles. The van der Waals surface area contributed by atoms with E-state index in [1.54, 1.807) is 79.8 Å². The van der Waals surface area contributed by atoms with Gasteiger partial charge in [-0.2, -0.15) is 19.6 Å². The smallest absolute Gasteiger partial charge is 0.262 e. The van der Waals surface area contributed by atoms with Crippen LogP contribution in [0.4, 0.5) is 23.3 Å². The number of carbonyl (C=O) groups excluding carboxylic acids is 10. The number of aryl methyl sites for hydroxylation is 2. The Labute approximate surface area is 669 Å². The van der Waals surface area contributed by atoms with Crippen LogP contribution in [0.1, 0.15) is 112 Å². The summed E-state index contributed by atoms with van der Waals surface area (Å²) >= 11 is 0. The van der Waals surface area contributed by atoms with Gasteiger partial charge >= 0.3 is 0 Å². The molecule has 2 aromatic carbocycles. The maximum atomic E-state index is 13.4. The molecule has 8 aromatic heterocycles. The number of hydrogen-bond donors (Lipinski definition) is 5. The predicted molar refractivity (Wildman–Crippen MR) is 419 cm³/mol. The summed E-state index contributed by atoms with van der Waals surface area (Å²) in [5.74, 6) is -0.441. The standard InChI is InChI=1S/C39H41N11O8.C20H21N9O.C20H24N2O7/c1-25-3-7-31(41-23-25)50-32(43-36(52)29-24-42-48-10-2-9-40-35(29)48)22-33(45-50)47-13-11-46(12-14-47)15-16-56-17-18-57-19-20-58-26-4-5-27-28(21-26)39(55)49(38(27)54)30-6-8-34(51)44-37(30)53;1-14-3-4-16(23-12-14)29-17(11-18(26-29)27-9-6-21-7-10-27)25-20(30)15-13-24-28-8-2-5-22-19(15)28;1-2-7-27-8-9-28-10-11-29-13-3-4-14-15(12-13)20(26)22(19(14)25)16-5-6-17(23)21-18(16)24/h2-5,7,9-10,21-24,30H,6,8,11-20H2,1H3,(H,43,52)(H,44,51,53);2-5,8,11-13,21H,6-7,9-10H2,1H3,(H,25,30);3-4,12,16H,2,5-11H2,1H3,(H,21,23,24). The van der Waals surface area contributed by atoms with Gasteiger partial charge in [0, 0.05) is 128 Å². The summed E-state index contributed by atoms with van der Waals surface area (Å²) in [6.07, 6.45) is 14.6. The van der Waals surface area contributed by atoms with E-state index < -0.39 is 59.3 Å². The molecule has 4 fully saturated rings. The van der Waals surface area contributed by atoms with Crippen molar-refractivity contribution >= 4 is 93.6 Å². The number of fused-ring (bicyclic) bond motifs is 4. The van der Waals surface area contributed by atoms with Crippen LogP contribution >= 0.6 is 0 Å². The molecular weight excluding hydrogens is 1510 g/mol. The highest BCUT2D eigenvalue weighted by molar-refractivity contribution is 6.24. The van der Waals surface area contributed by atoms with Gasteiger partial charge in [-0.3, -0.25) is 73.3 Å². The summed E-state index contributed by atoms with van der Waals surface area (Å²) in [7, 11) is 0. The van der Waals surface area contributed by atoms with Crippen LogP contribution in [0.5, 0.6) is 11.5 Å². The monoisotopic (exact) mass is 1600 g/mol. The largest absolute Gasteiger partial charge is 0.491 e. The van der Waals surface area contributed by atoms with Crippen molar-refractivity contribution in [3.63, 3.8) is 0 Å². The maximum Gasteiger partial charge on any atom is 0.262 e. The van der Waals surface area contributed by atoms with Gasteiger partial charge in [0.15, 0.2) is 34.6 Å². The van der Waals surface area contributed by atoms with E-state index in [2.05, 4.69) is 71.4 Å². The highest BCUT2D eigenvalue weighted by atomic mass is 16.6. The van der Waals surface area contributed by atoms with E-state index in [4.69, 9.17) is 38.6 Å². The first-order chi connectivity index (χ1) is 56.9. The van der Waals surface area contributed by atoms with Crippen LogP contribution in [0.15, 0.2) is 135 Å². The van der Waals surface area contributed by atoms with Crippen LogP contribution in [-0.2, 0) is 38.1 Å². The number of pyridine rings is 2. The Morgan fingerprint density at radius 1 is 0.470 bits per heavy atom. The summed E-state index contributed by atoms with van der Waals surface area (Å²) in [5, 5.41) is 31.7.